The smallest absolute Gasteiger partial charge is 0.325 e. The van der Waals surface area contributed by atoms with Gasteiger partial charge in [-0.1, -0.05) is 5.21 Å². The minimum atomic E-state index is -1.04. The average Bonchev–Trinajstić information content (AvgIpc) is 2.95. The zero-order valence-electron chi connectivity index (χ0n) is 11.7. The number of nitrogens with one attached hydrogen (secondary N) is 2. The number of carboxylic acid groups (broad SMARTS) is 1. The Labute approximate surface area is 126 Å². The maximum absolute atomic E-state index is 12.1. The number of aliphatic carboxylic acids is 1. The van der Waals surface area contributed by atoms with Crippen molar-refractivity contribution in [2.75, 3.05) is 17.2 Å². The second-order valence-electron chi connectivity index (χ2n) is 5.05. The van der Waals surface area contributed by atoms with Crippen LogP contribution in [0.3, 0.4) is 0 Å². The molecular formula is C14H15N5O3. The van der Waals surface area contributed by atoms with Crippen LogP contribution < -0.4 is 10.6 Å². The summed E-state index contributed by atoms with van der Waals surface area (Å²) in [6, 6.07) is 5.68. The van der Waals surface area contributed by atoms with E-state index in [4.69, 9.17) is 5.11 Å². The first-order valence-electron chi connectivity index (χ1n) is 6.92. The van der Waals surface area contributed by atoms with Crippen molar-refractivity contribution in [3.8, 4) is 0 Å². The van der Waals surface area contributed by atoms with E-state index in [2.05, 4.69) is 20.9 Å². The Kier molecular flexibility index (Phi) is 3.73. The summed E-state index contributed by atoms with van der Waals surface area (Å²) in [5, 5.41) is 22.0. The summed E-state index contributed by atoms with van der Waals surface area (Å²) in [4.78, 5) is 22.7. The standard InChI is InChI=1S/C14H15N5O3/c20-13(21)8-19-7-12(17-18-19)14(22)16-10-3-4-11-9(6-10)2-1-5-15-11/h3-4,6-7,15H,1-2,5,8H2,(H,16,22)(H,20,21). The van der Waals surface area contributed by atoms with Crippen molar-refractivity contribution in [1.29, 1.82) is 0 Å². The van der Waals surface area contributed by atoms with E-state index in [1.807, 2.05) is 18.2 Å². The Morgan fingerprint density at radius 1 is 1.41 bits per heavy atom. The van der Waals surface area contributed by atoms with E-state index >= 15 is 0 Å². The van der Waals surface area contributed by atoms with Crippen LogP contribution in [0.4, 0.5) is 11.4 Å². The number of carbonyl (C=O) groups excluding carboxylic acids is 1. The van der Waals surface area contributed by atoms with Crippen molar-refractivity contribution in [3.63, 3.8) is 0 Å². The molecule has 22 heavy (non-hydrogen) atoms. The number of anilines is 2. The van der Waals surface area contributed by atoms with Crippen LogP contribution in [0.5, 0.6) is 0 Å². The molecule has 0 spiro atoms. The summed E-state index contributed by atoms with van der Waals surface area (Å²) >= 11 is 0. The van der Waals surface area contributed by atoms with Crippen LogP contribution >= 0.6 is 0 Å². The van der Waals surface area contributed by atoms with Crippen molar-refractivity contribution in [2.24, 2.45) is 0 Å². The molecule has 2 aromatic rings. The van der Waals surface area contributed by atoms with E-state index in [0.717, 1.165) is 29.8 Å². The highest BCUT2D eigenvalue weighted by Crippen LogP contribution is 2.25. The molecule has 1 aliphatic rings. The predicted octanol–water partition coefficient (Wildman–Crippen LogP) is 0.973. The molecule has 0 atom stereocenters. The van der Waals surface area contributed by atoms with E-state index < -0.39 is 11.9 Å². The molecule has 0 unspecified atom stereocenters. The number of hydrogen-bond acceptors (Lipinski definition) is 5. The number of carboxylic acids is 1. The van der Waals surface area contributed by atoms with Gasteiger partial charge in [-0.05, 0) is 36.6 Å². The fourth-order valence-corrected chi connectivity index (χ4v) is 2.37. The Bertz CT molecular complexity index is 725. The monoisotopic (exact) mass is 301 g/mol. The number of hydrogen-bond donors (Lipinski definition) is 3. The third-order valence-corrected chi connectivity index (χ3v) is 3.37. The molecule has 114 valence electrons. The quantitative estimate of drug-likeness (QED) is 0.776. The molecule has 1 aromatic carbocycles. The first-order valence-corrected chi connectivity index (χ1v) is 6.92. The lowest BCUT2D eigenvalue weighted by Crippen LogP contribution is -2.15. The number of fused-ring (bicyclic) bond motifs is 1. The fourth-order valence-electron chi connectivity index (χ4n) is 2.37. The van der Waals surface area contributed by atoms with Gasteiger partial charge in [-0.15, -0.1) is 5.10 Å². The highest BCUT2D eigenvalue weighted by Gasteiger charge is 2.14. The highest BCUT2D eigenvalue weighted by molar-refractivity contribution is 6.02. The van der Waals surface area contributed by atoms with Gasteiger partial charge in [0.2, 0.25) is 0 Å². The molecule has 2 heterocycles. The average molecular weight is 301 g/mol. The maximum Gasteiger partial charge on any atom is 0.325 e. The van der Waals surface area contributed by atoms with Crippen LogP contribution in [0.2, 0.25) is 0 Å². The summed E-state index contributed by atoms with van der Waals surface area (Å²) < 4.78 is 1.11. The van der Waals surface area contributed by atoms with Crippen molar-refractivity contribution in [1.82, 2.24) is 15.0 Å². The molecule has 3 N–H and O–H groups in total. The van der Waals surface area contributed by atoms with Gasteiger partial charge in [-0.3, -0.25) is 9.59 Å². The molecule has 0 radical (unpaired) electrons. The number of amides is 1. The lowest BCUT2D eigenvalue weighted by Gasteiger charge is -2.18. The van der Waals surface area contributed by atoms with E-state index in [9.17, 15) is 9.59 Å². The molecule has 0 saturated carbocycles. The summed E-state index contributed by atoms with van der Waals surface area (Å²) in [5.74, 6) is -1.46. The topological polar surface area (TPSA) is 109 Å². The van der Waals surface area contributed by atoms with Gasteiger partial charge in [0, 0.05) is 17.9 Å². The first-order chi connectivity index (χ1) is 10.6. The van der Waals surface area contributed by atoms with Crippen LogP contribution in [0.15, 0.2) is 24.4 Å². The Balaban J connectivity index is 1.71. The number of nitrogens with zero attached hydrogens (tertiary/aromatic N) is 3. The van der Waals surface area contributed by atoms with E-state index in [1.165, 1.54) is 11.8 Å². The maximum atomic E-state index is 12.1. The van der Waals surface area contributed by atoms with Gasteiger partial charge in [0.1, 0.15) is 6.54 Å². The van der Waals surface area contributed by atoms with Crippen LogP contribution in [0, 0.1) is 0 Å². The van der Waals surface area contributed by atoms with Crippen molar-refractivity contribution < 1.29 is 14.7 Å². The van der Waals surface area contributed by atoms with E-state index in [1.54, 1.807) is 0 Å². The molecule has 1 aliphatic heterocycles. The van der Waals surface area contributed by atoms with Crippen molar-refractivity contribution >= 4 is 23.3 Å². The number of aromatic nitrogens is 3. The van der Waals surface area contributed by atoms with Crippen LogP contribution in [0.1, 0.15) is 22.5 Å². The Hall–Kier alpha value is -2.90. The zero-order valence-corrected chi connectivity index (χ0v) is 11.7. The molecule has 0 aliphatic carbocycles. The van der Waals surface area contributed by atoms with Crippen LogP contribution in [0.25, 0.3) is 0 Å². The van der Waals surface area contributed by atoms with Crippen LogP contribution in [-0.4, -0.2) is 38.5 Å². The number of carbonyl (C=O) groups is 2. The van der Waals surface area contributed by atoms with E-state index in [-0.39, 0.29) is 12.2 Å². The largest absolute Gasteiger partial charge is 0.480 e. The van der Waals surface area contributed by atoms with E-state index in [0.29, 0.717) is 5.69 Å². The molecule has 3 rings (SSSR count). The van der Waals surface area contributed by atoms with Crippen LogP contribution in [-0.2, 0) is 17.8 Å². The third-order valence-electron chi connectivity index (χ3n) is 3.37. The first kappa shape index (κ1) is 14.1. The summed E-state index contributed by atoms with van der Waals surface area (Å²) in [5.41, 5.74) is 3.02. The normalized spacial score (nSPS) is 13.1. The molecule has 0 saturated heterocycles. The molecule has 1 aromatic heterocycles. The lowest BCUT2D eigenvalue weighted by atomic mass is 10.0. The summed E-state index contributed by atoms with van der Waals surface area (Å²) in [7, 11) is 0. The van der Waals surface area contributed by atoms with Crippen molar-refractivity contribution in [2.45, 2.75) is 19.4 Å². The number of rotatable bonds is 4. The van der Waals surface area contributed by atoms with Gasteiger partial charge in [0.15, 0.2) is 5.69 Å². The van der Waals surface area contributed by atoms with Gasteiger partial charge in [0.25, 0.3) is 5.91 Å². The van der Waals surface area contributed by atoms with Crippen molar-refractivity contribution in [3.05, 3.63) is 35.7 Å². The van der Waals surface area contributed by atoms with Gasteiger partial charge >= 0.3 is 5.97 Å². The SMILES string of the molecule is O=C(O)Cn1cc(C(=O)Nc2ccc3c(c2)CCCN3)nn1. The third kappa shape index (κ3) is 3.05. The molecule has 8 nitrogen and oxygen atoms in total. The second-order valence-corrected chi connectivity index (χ2v) is 5.05. The Morgan fingerprint density at radius 3 is 3.09 bits per heavy atom. The van der Waals surface area contributed by atoms with Gasteiger partial charge < -0.3 is 15.7 Å². The Morgan fingerprint density at radius 2 is 2.27 bits per heavy atom. The zero-order chi connectivity index (χ0) is 15.5. The fraction of sp³-hybridized carbons (Fsp3) is 0.286. The molecule has 0 fully saturated rings. The summed E-state index contributed by atoms with van der Waals surface area (Å²) in [6.07, 6.45) is 3.35. The van der Waals surface area contributed by atoms with Gasteiger partial charge in [-0.2, -0.15) is 0 Å². The molecule has 1 amide bonds. The molecular weight excluding hydrogens is 286 g/mol. The molecule has 0 bridgehead atoms. The summed E-state index contributed by atoms with van der Waals surface area (Å²) in [6.45, 7) is 0.635. The highest BCUT2D eigenvalue weighted by atomic mass is 16.4. The molecule has 8 heteroatoms. The van der Waals surface area contributed by atoms with Gasteiger partial charge in [-0.25, -0.2) is 4.68 Å². The predicted molar refractivity (Wildman–Crippen MR) is 78.9 cm³/mol. The number of benzene rings is 1. The lowest BCUT2D eigenvalue weighted by molar-refractivity contribution is -0.137. The van der Waals surface area contributed by atoms with Gasteiger partial charge in [0.05, 0.1) is 6.20 Å². The second kappa shape index (κ2) is 5.84. The minimum Gasteiger partial charge on any atom is -0.480 e. The minimum absolute atomic E-state index is 0.0806. The number of aryl methyl sites for hydroxylation is 1.